The monoisotopic (exact) mass is 266 g/mol. The topological polar surface area (TPSA) is 41.6 Å². The van der Waals surface area contributed by atoms with E-state index in [0.29, 0.717) is 13.2 Å². The van der Waals surface area contributed by atoms with E-state index >= 15 is 0 Å². The second-order valence-corrected chi connectivity index (χ2v) is 4.72. The van der Waals surface area contributed by atoms with E-state index in [1.165, 1.54) is 12.1 Å². The Kier molecular flexibility index (Phi) is 4.50. The lowest BCUT2D eigenvalue weighted by Crippen LogP contribution is -2.32. The van der Waals surface area contributed by atoms with Crippen LogP contribution in [0, 0.1) is 5.82 Å². The average Bonchev–Trinajstić information content (AvgIpc) is 2.68. The number of hydrogen-bond acceptors (Lipinski definition) is 3. The highest BCUT2D eigenvalue weighted by Crippen LogP contribution is 2.25. The predicted octanol–water partition coefficient (Wildman–Crippen LogP) is 1.68. The Labute approximate surface area is 112 Å². The molecule has 4 nitrogen and oxygen atoms in total. The molecular formula is C14H19FN2O2. The minimum atomic E-state index is -0.271. The van der Waals surface area contributed by atoms with Crippen molar-refractivity contribution in [1.29, 1.82) is 0 Å². The normalized spacial score (nSPS) is 23.1. The SMILES string of the molecule is COCCCN1C(=O)C(C)NC1c1ccc(F)cc1. The number of halogens is 1. The fraction of sp³-hybridized carbons (Fsp3) is 0.500. The molecule has 1 amide bonds. The van der Waals surface area contributed by atoms with Crippen LogP contribution in [0.3, 0.4) is 0 Å². The van der Waals surface area contributed by atoms with Gasteiger partial charge in [-0.05, 0) is 31.0 Å². The van der Waals surface area contributed by atoms with Gasteiger partial charge in [-0.25, -0.2) is 4.39 Å². The molecular weight excluding hydrogens is 247 g/mol. The second kappa shape index (κ2) is 6.12. The van der Waals surface area contributed by atoms with E-state index in [9.17, 15) is 9.18 Å². The zero-order chi connectivity index (χ0) is 13.8. The standard InChI is InChI=1S/C14H19FN2O2/c1-10-14(18)17(8-3-9-19-2)13(16-10)11-4-6-12(15)7-5-11/h4-7,10,13,16H,3,8-9H2,1-2H3. The number of carbonyl (C=O) groups excluding carboxylic acids is 1. The van der Waals surface area contributed by atoms with Gasteiger partial charge in [-0.15, -0.1) is 0 Å². The van der Waals surface area contributed by atoms with E-state index in [1.807, 2.05) is 6.92 Å². The van der Waals surface area contributed by atoms with Gasteiger partial charge in [0.2, 0.25) is 5.91 Å². The Hall–Kier alpha value is -1.46. The molecule has 1 aliphatic rings. The third-order valence-electron chi connectivity index (χ3n) is 3.31. The lowest BCUT2D eigenvalue weighted by molar-refractivity contribution is -0.130. The molecule has 1 fully saturated rings. The first kappa shape index (κ1) is 14.0. The van der Waals surface area contributed by atoms with Crippen molar-refractivity contribution in [2.45, 2.75) is 25.6 Å². The van der Waals surface area contributed by atoms with Crippen LogP contribution < -0.4 is 5.32 Å². The number of rotatable bonds is 5. The first-order valence-corrected chi connectivity index (χ1v) is 6.44. The Balaban J connectivity index is 2.12. The highest BCUT2D eigenvalue weighted by Gasteiger charge is 2.36. The van der Waals surface area contributed by atoms with Gasteiger partial charge in [-0.3, -0.25) is 10.1 Å². The average molecular weight is 266 g/mol. The van der Waals surface area contributed by atoms with Crippen molar-refractivity contribution in [2.75, 3.05) is 20.3 Å². The van der Waals surface area contributed by atoms with E-state index in [1.54, 1.807) is 24.1 Å². The summed E-state index contributed by atoms with van der Waals surface area (Å²) >= 11 is 0. The lowest BCUT2D eigenvalue weighted by Gasteiger charge is -2.24. The van der Waals surface area contributed by atoms with Crippen LogP contribution in [0.2, 0.25) is 0 Å². The van der Waals surface area contributed by atoms with Crippen molar-refractivity contribution < 1.29 is 13.9 Å². The molecule has 1 aromatic carbocycles. The molecule has 0 radical (unpaired) electrons. The van der Waals surface area contributed by atoms with Gasteiger partial charge in [0.25, 0.3) is 0 Å². The first-order valence-electron chi connectivity index (χ1n) is 6.44. The van der Waals surface area contributed by atoms with Crippen LogP contribution in [0.15, 0.2) is 24.3 Å². The predicted molar refractivity (Wildman–Crippen MR) is 69.9 cm³/mol. The summed E-state index contributed by atoms with van der Waals surface area (Å²) in [5.74, 6) is -0.197. The van der Waals surface area contributed by atoms with Gasteiger partial charge in [-0.1, -0.05) is 12.1 Å². The minimum absolute atomic E-state index is 0.0745. The Bertz CT molecular complexity index is 436. The second-order valence-electron chi connectivity index (χ2n) is 4.72. The maximum absolute atomic E-state index is 13.0. The summed E-state index contributed by atoms with van der Waals surface area (Å²) in [6.07, 6.45) is 0.605. The van der Waals surface area contributed by atoms with Gasteiger partial charge in [0.15, 0.2) is 0 Å². The summed E-state index contributed by atoms with van der Waals surface area (Å²) in [4.78, 5) is 13.9. The van der Waals surface area contributed by atoms with Gasteiger partial charge in [0.1, 0.15) is 12.0 Å². The maximum Gasteiger partial charge on any atom is 0.241 e. The summed E-state index contributed by atoms with van der Waals surface area (Å²) in [7, 11) is 1.64. The molecule has 0 aromatic heterocycles. The van der Waals surface area contributed by atoms with Crippen LogP contribution in [-0.2, 0) is 9.53 Å². The van der Waals surface area contributed by atoms with E-state index in [2.05, 4.69) is 5.32 Å². The number of ether oxygens (including phenoxy) is 1. The van der Waals surface area contributed by atoms with E-state index in [-0.39, 0.29) is 23.9 Å². The van der Waals surface area contributed by atoms with Crippen LogP contribution >= 0.6 is 0 Å². The minimum Gasteiger partial charge on any atom is -0.385 e. The summed E-state index contributed by atoms with van der Waals surface area (Å²) in [5, 5.41) is 3.23. The molecule has 0 spiro atoms. The molecule has 1 aliphatic heterocycles. The van der Waals surface area contributed by atoms with Gasteiger partial charge in [-0.2, -0.15) is 0 Å². The number of methoxy groups -OCH3 is 1. The molecule has 2 atom stereocenters. The molecule has 0 aliphatic carbocycles. The highest BCUT2D eigenvalue weighted by atomic mass is 19.1. The first-order chi connectivity index (χ1) is 9.13. The molecule has 2 unspecified atom stereocenters. The van der Waals surface area contributed by atoms with E-state index < -0.39 is 0 Å². The van der Waals surface area contributed by atoms with Crippen LogP contribution in [0.1, 0.15) is 25.1 Å². The van der Waals surface area contributed by atoms with E-state index in [0.717, 1.165) is 12.0 Å². The van der Waals surface area contributed by atoms with Crippen molar-refractivity contribution in [3.05, 3.63) is 35.6 Å². The Morgan fingerprint density at radius 1 is 1.37 bits per heavy atom. The molecule has 104 valence electrons. The number of carbonyl (C=O) groups is 1. The van der Waals surface area contributed by atoms with Gasteiger partial charge in [0.05, 0.1) is 6.04 Å². The molecule has 0 saturated carbocycles. The van der Waals surface area contributed by atoms with Crippen molar-refractivity contribution in [1.82, 2.24) is 10.2 Å². The Morgan fingerprint density at radius 3 is 2.68 bits per heavy atom. The largest absolute Gasteiger partial charge is 0.385 e. The van der Waals surface area contributed by atoms with Gasteiger partial charge >= 0.3 is 0 Å². The summed E-state index contributed by atoms with van der Waals surface area (Å²) in [5.41, 5.74) is 0.900. The molecule has 1 heterocycles. The zero-order valence-electron chi connectivity index (χ0n) is 11.2. The molecule has 5 heteroatoms. The lowest BCUT2D eigenvalue weighted by atomic mass is 10.1. The number of benzene rings is 1. The maximum atomic E-state index is 13.0. The number of hydrogen-bond donors (Lipinski definition) is 1. The summed E-state index contributed by atoms with van der Waals surface area (Å²) in [6, 6.07) is 6.04. The van der Waals surface area contributed by atoms with Gasteiger partial charge < -0.3 is 9.64 Å². The summed E-state index contributed by atoms with van der Waals surface area (Å²) in [6.45, 7) is 3.09. The fourth-order valence-corrected chi connectivity index (χ4v) is 2.31. The van der Waals surface area contributed by atoms with Crippen molar-refractivity contribution >= 4 is 5.91 Å². The van der Waals surface area contributed by atoms with Crippen molar-refractivity contribution in [3.63, 3.8) is 0 Å². The fourth-order valence-electron chi connectivity index (χ4n) is 2.31. The van der Waals surface area contributed by atoms with Crippen molar-refractivity contribution in [2.24, 2.45) is 0 Å². The van der Waals surface area contributed by atoms with Crippen LogP contribution in [0.4, 0.5) is 4.39 Å². The molecule has 1 N–H and O–H groups in total. The molecule has 19 heavy (non-hydrogen) atoms. The zero-order valence-corrected chi connectivity index (χ0v) is 11.2. The number of nitrogens with one attached hydrogen (secondary N) is 1. The Morgan fingerprint density at radius 2 is 2.05 bits per heavy atom. The molecule has 1 saturated heterocycles. The quantitative estimate of drug-likeness (QED) is 0.824. The third-order valence-corrected chi connectivity index (χ3v) is 3.31. The summed E-state index contributed by atoms with van der Waals surface area (Å²) < 4.78 is 18.0. The number of nitrogens with zero attached hydrogens (tertiary/aromatic N) is 1. The van der Waals surface area contributed by atoms with Crippen LogP contribution in [0.25, 0.3) is 0 Å². The van der Waals surface area contributed by atoms with Crippen LogP contribution in [-0.4, -0.2) is 37.1 Å². The van der Waals surface area contributed by atoms with Gasteiger partial charge in [0, 0.05) is 20.3 Å². The van der Waals surface area contributed by atoms with Crippen LogP contribution in [0.5, 0.6) is 0 Å². The highest BCUT2D eigenvalue weighted by molar-refractivity contribution is 5.84. The molecule has 2 rings (SSSR count). The van der Waals surface area contributed by atoms with E-state index in [4.69, 9.17) is 4.74 Å². The molecule has 0 bridgehead atoms. The third kappa shape index (κ3) is 3.11. The molecule has 1 aromatic rings. The number of amides is 1. The smallest absolute Gasteiger partial charge is 0.241 e. The van der Waals surface area contributed by atoms with Crippen molar-refractivity contribution in [3.8, 4) is 0 Å².